The summed E-state index contributed by atoms with van der Waals surface area (Å²) >= 11 is 0. The van der Waals surface area contributed by atoms with Crippen LogP contribution in [-0.2, 0) is 0 Å². The molecule has 82 valence electrons. The quantitative estimate of drug-likeness (QED) is 0.503. The summed E-state index contributed by atoms with van der Waals surface area (Å²) in [6.45, 7) is 6.71. The molecule has 1 aliphatic rings. The minimum absolute atomic E-state index is 0.348. The van der Waals surface area contributed by atoms with Gasteiger partial charge >= 0.3 is 0 Å². The van der Waals surface area contributed by atoms with Crippen molar-refractivity contribution in [1.29, 1.82) is 5.41 Å². The molecule has 0 aliphatic heterocycles. The van der Waals surface area contributed by atoms with Crippen molar-refractivity contribution in [2.45, 2.75) is 33.1 Å². The number of nitrogens with zero attached hydrogens (tertiary/aromatic N) is 1. The number of rotatable bonds is 6. The van der Waals surface area contributed by atoms with E-state index in [1.807, 2.05) is 0 Å². The van der Waals surface area contributed by atoms with E-state index in [9.17, 15) is 0 Å². The van der Waals surface area contributed by atoms with Crippen LogP contribution in [0.5, 0.6) is 0 Å². The Balaban J connectivity index is 2.32. The lowest BCUT2D eigenvalue weighted by Crippen LogP contribution is -2.32. The van der Waals surface area contributed by atoms with Crippen molar-refractivity contribution in [2.24, 2.45) is 17.1 Å². The van der Waals surface area contributed by atoms with Gasteiger partial charge in [-0.2, -0.15) is 0 Å². The Hall–Kier alpha value is -0.570. The van der Waals surface area contributed by atoms with E-state index in [1.54, 1.807) is 0 Å². The molecule has 0 aromatic rings. The fourth-order valence-corrected chi connectivity index (χ4v) is 2.23. The zero-order valence-electron chi connectivity index (χ0n) is 9.64. The minimum atomic E-state index is 0.348. The number of nitrogens with two attached hydrogens (primary N) is 1. The van der Waals surface area contributed by atoms with Crippen LogP contribution in [0.4, 0.5) is 0 Å². The predicted molar refractivity (Wildman–Crippen MR) is 60.5 cm³/mol. The Kier molecular flexibility index (Phi) is 3.53. The highest BCUT2D eigenvalue weighted by atomic mass is 15.1. The smallest absolute Gasteiger partial charge is 0.0911 e. The summed E-state index contributed by atoms with van der Waals surface area (Å²) in [6.07, 6.45) is 3.28. The molecule has 0 amide bonds. The molecule has 0 aromatic heterocycles. The van der Waals surface area contributed by atoms with Gasteiger partial charge in [-0.05, 0) is 31.2 Å². The normalized spacial score (nSPS) is 18.9. The average Bonchev–Trinajstić information content (AvgIpc) is 2.63. The second-order valence-corrected chi connectivity index (χ2v) is 5.29. The summed E-state index contributed by atoms with van der Waals surface area (Å²) in [4.78, 5) is 2.38. The van der Waals surface area contributed by atoms with Gasteiger partial charge in [-0.25, -0.2) is 0 Å². The van der Waals surface area contributed by atoms with Gasteiger partial charge in [0.25, 0.3) is 0 Å². The van der Waals surface area contributed by atoms with Crippen molar-refractivity contribution < 1.29 is 0 Å². The van der Waals surface area contributed by atoms with E-state index in [4.69, 9.17) is 11.1 Å². The van der Waals surface area contributed by atoms with Gasteiger partial charge in [-0.1, -0.05) is 13.8 Å². The molecular weight excluding hydrogens is 174 g/mol. The summed E-state index contributed by atoms with van der Waals surface area (Å²) in [7, 11) is 2.17. The lowest BCUT2D eigenvalue weighted by Gasteiger charge is -2.24. The fraction of sp³-hybridized carbons (Fsp3) is 0.909. The maximum absolute atomic E-state index is 7.34. The molecule has 1 saturated carbocycles. The van der Waals surface area contributed by atoms with Crippen LogP contribution >= 0.6 is 0 Å². The van der Waals surface area contributed by atoms with E-state index < -0.39 is 0 Å². The molecule has 0 radical (unpaired) electrons. The van der Waals surface area contributed by atoms with Crippen LogP contribution in [0.25, 0.3) is 0 Å². The first-order valence-electron chi connectivity index (χ1n) is 5.45. The van der Waals surface area contributed by atoms with Gasteiger partial charge in [0.05, 0.1) is 5.84 Å². The first kappa shape index (κ1) is 11.5. The van der Waals surface area contributed by atoms with Gasteiger partial charge in [0.2, 0.25) is 0 Å². The van der Waals surface area contributed by atoms with E-state index >= 15 is 0 Å². The Bertz CT molecular complexity index is 207. The summed E-state index contributed by atoms with van der Waals surface area (Å²) in [6, 6.07) is 0. The first-order valence-corrected chi connectivity index (χ1v) is 5.45. The summed E-state index contributed by atoms with van der Waals surface area (Å²) < 4.78 is 0. The lowest BCUT2D eigenvalue weighted by molar-refractivity contribution is 0.241. The molecule has 3 N–H and O–H groups in total. The van der Waals surface area contributed by atoms with Crippen molar-refractivity contribution in [3.63, 3.8) is 0 Å². The highest BCUT2D eigenvalue weighted by molar-refractivity contribution is 5.78. The zero-order valence-corrected chi connectivity index (χ0v) is 9.64. The molecule has 3 nitrogen and oxygen atoms in total. The van der Waals surface area contributed by atoms with E-state index in [0.29, 0.717) is 17.2 Å². The highest BCUT2D eigenvalue weighted by Gasteiger charge is 2.43. The van der Waals surface area contributed by atoms with Gasteiger partial charge < -0.3 is 10.6 Å². The van der Waals surface area contributed by atoms with E-state index in [-0.39, 0.29) is 0 Å². The molecular formula is C11H23N3. The van der Waals surface area contributed by atoms with Crippen LogP contribution in [-0.4, -0.2) is 30.9 Å². The topological polar surface area (TPSA) is 53.1 Å². The number of hydrogen-bond acceptors (Lipinski definition) is 2. The van der Waals surface area contributed by atoms with Crippen LogP contribution in [0.1, 0.15) is 33.1 Å². The second kappa shape index (κ2) is 4.30. The zero-order chi connectivity index (χ0) is 10.8. The Morgan fingerprint density at radius 2 is 2.07 bits per heavy atom. The summed E-state index contributed by atoms with van der Waals surface area (Å²) in [5, 5.41) is 7.34. The number of hydrogen-bond donors (Lipinski definition) is 2. The summed E-state index contributed by atoms with van der Waals surface area (Å²) in [5.41, 5.74) is 5.82. The molecule has 14 heavy (non-hydrogen) atoms. The highest BCUT2D eigenvalue weighted by Crippen LogP contribution is 2.49. The number of amidine groups is 1. The molecule has 0 heterocycles. The van der Waals surface area contributed by atoms with Crippen molar-refractivity contribution >= 4 is 5.84 Å². The van der Waals surface area contributed by atoms with Crippen molar-refractivity contribution in [2.75, 3.05) is 20.1 Å². The average molecular weight is 197 g/mol. The molecule has 1 aliphatic carbocycles. The maximum Gasteiger partial charge on any atom is 0.0911 e. The largest absolute Gasteiger partial charge is 0.388 e. The lowest BCUT2D eigenvalue weighted by atomic mass is 10.0. The third-order valence-corrected chi connectivity index (χ3v) is 2.80. The first-order chi connectivity index (χ1) is 6.43. The molecule has 1 fully saturated rings. The SMILES string of the molecule is CC(C)CN(C)CC1(CC(=N)N)CC1. The molecule has 0 saturated heterocycles. The van der Waals surface area contributed by atoms with Gasteiger partial charge in [0.15, 0.2) is 0 Å². The maximum atomic E-state index is 7.34. The standard InChI is InChI=1S/C11H23N3/c1-9(2)7-14(3)8-11(4-5-11)6-10(12)13/h9H,4-8H2,1-3H3,(H3,12,13). The minimum Gasteiger partial charge on any atom is -0.388 e. The number of nitrogens with one attached hydrogen (secondary N) is 1. The van der Waals surface area contributed by atoms with Crippen molar-refractivity contribution in [3.8, 4) is 0 Å². The third-order valence-electron chi connectivity index (χ3n) is 2.80. The Labute approximate surface area is 87.2 Å². The molecule has 0 unspecified atom stereocenters. The van der Waals surface area contributed by atoms with Gasteiger partial charge in [-0.15, -0.1) is 0 Å². The van der Waals surface area contributed by atoms with Crippen molar-refractivity contribution in [1.82, 2.24) is 4.90 Å². The summed E-state index contributed by atoms with van der Waals surface area (Å²) in [5.74, 6) is 1.06. The molecule has 0 aromatic carbocycles. The Morgan fingerprint density at radius 1 is 1.50 bits per heavy atom. The van der Waals surface area contributed by atoms with Crippen LogP contribution in [0.2, 0.25) is 0 Å². The van der Waals surface area contributed by atoms with Gasteiger partial charge in [0.1, 0.15) is 0 Å². The molecule has 0 atom stereocenters. The Morgan fingerprint density at radius 3 is 2.43 bits per heavy atom. The van der Waals surface area contributed by atoms with Gasteiger partial charge in [0, 0.05) is 19.5 Å². The van der Waals surface area contributed by atoms with E-state index in [2.05, 4.69) is 25.8 Å². The van der Waals surface area contributed by atoms with E-state index in [1.165, 1.54) is 12.8 Å². The fourth-order valence-electron chi connectivity index (χ4n) is 2.23. The molecule has 1 rings (SSSR count). The van der Waals surface area contributed by atoms with Crippen LogP contribution in [0, 0.1) is 16.7 Å². The van der Waals surface area contributed by atoms with Crippen LogP contribution < -0.4 is 5.73 Å². The molecule has 0 spiro atoms. The van der Waals surface area contributed by atoms with Crippen LogP contribution in [0.15, 0.2) is 0 Å². The third kappa shape index (κ3) is 3.66. The monoisotopic (exact) mass is 197 g/mol. The van der Waals surface area contributed by atoms with Crippen molar-refractivity contribution in [3.05, 3.63) is 0 Å². The van der Waals surface area contributed by atoms with E-state index in [0.717, 1.165) is 19.5 Å². The molecule has 0 bridgehead atoms. The molecule has 3 heteroatoms. The van der Waals surface area contributed by atoms with Crippen LogP contribution in [0.3, 0.4) is 0 Å². The predicted octanol–water partition coefficient (Wildman–Crippen LogP) is 1.68. The van der Waals surface area contributed by atoms with Gasteiger partial charge in [-0.3, -0.25) is 5.41 Å². The second-order valence-electron chi connectivity index (χ2n) is 5.29.